The highest BCUT2D eigenvalue weighted by atomic mass is 16.6. The van der Waals surface area contributed by atoms with Crippen molar-refractivity contribution in [3.8, 4) is 0 Å². The number of nitrogens with one attached hydrogen (secondary N) is 2. The number of nitrogens with zero attached hydrogens (tertiary/aromatic N) is 5. The van der Waals surface area contributed by atoms with Crippen LogP contribution in [0.5, 0.6) is 0 Å². The molecule has 2 bridgehead atoms. The maximum Gasteiger partial charge on any atom is 0.329 e. The number of aliphatic hydroxyl groups is 2. The SMILES string of the molecule is CO[C@H]1C[C@@H]2CC[C@@H](C)[C@@](O)(O2)C(=O)C(=O)N2CCCC[C@H]2C(=O)OC([C@H](C)C[C@@H]2CC[C@@H](OCCOCc3cn(CCOCCOCCNc4cccc5c4C(=O)N(C4CCC(=O)NC4=O)C5=O)nn3)[C@H](OC)C2)CC(=O)[C@H](C)/C=C(\C)[C@@H](O)[C@@H](OC)C(=O)[C@H](C)C[C@H](C)C=C/C=C/C=C/1C. The van der Waals surface area contributed by atoms with E-state index in [9.17, 15) is 53.4 Å². The van der Waals surface area contributed by atoms with E-state index < -0.39 is 113 Å². The predicted octanol–water partition coefficient (Wildman–Crippen LogP) is 6.56. The summed E-state index contributed by atoms with van der Waals surface area (Å²) in [5.41, 5.74) is 2.65. The smallest absolute Gasteiger partial charge is 0.329 e. The number of carbonyl (C=O) groups is 9. The fourth-order valence-electron chi connectivity index (χ4n) is 14.6. The molecule has 3 saturated heterocycles. The summed E-state index contributed by atoms with van der Waals surface area (Å²) >= 11 is 0. The number of esters is 1. The molecule has 0 spiro atoms. The molecule has 6 aliphatic rings. The van der Waals surface area contributed by atoms with Gasteiger partial charge >= 0.3 is 5.97 Å². The van der Waals surface area contributed by atoms with Crippen molar-refractivity contribution in [2.45, 2.75) is 212 Å². The molecule has 8 rings (SSSR count). The molecule has 5 amide bonds. The Kier molecular flexibility index (Phi) is 30.5. The number of cyclic esters (lactones) is 1. The van der Waals surface area contributed by atoms with Gasteiger partial charge in [0.05, 0.1) is 94.5 Å². The fourth-order valence-corrected chi connectivity index (χ4v) is 14.6. The highest BCUT2D eigenvalue weighted by molar-refractivity contribution is 6.39. The van der Waals surface area contributed by atoms with E-state index in [0.29, 0.717) is 108 Å². The fraction of sp³-hybridized carbons (Fsp3) is 0.667. The molecule has 0 radical (unpaired) electrons. The van der Waals surface area contributed by atoms with E-state index in [2.05, 4.69) is 20.9 Å². The number of anilines is 1. The third-order valence-corrected chi connectivity index (χ3v) is 20.7. The Labute approximate surface area is 598 Å². The van der Waals surface area contributed by atoms with Crippen molar-refractivity contribution in [1.29, 1.82) is 0 Å². The van der Waals surface area contributed by atoms with Crippen molar-refractivity contribution in [3.63, 3.8) is 0 Å². The number of benzene rings is 1. The Hall–Kier alpha value is -7.05. The average molecular weight is 1430 g/mol. The molecule has 5 aliphatic heterocycles. The minimum absolute atomic E-state index is 0.0115. The van der Waals surface area contributed by atoms with Crippen LogP contribution in [0.4, 0.5) is 5.69 Å². The maximum atomic E-state index is 14.7. The molecule has 1 aliphatic carbocycles. The zero-order valence-corrected chi connectivity index (χ0v) is 60.9. The van der Waals surface area contributed by atoms with Gasteiger partial charge < -0.3 is 63.1 Å². The van der Waals surface area contributed by atoms with Gasteiger partial charge in [-0.1, -0.05) is 82.4 Å². The van der Waals surface area contributed by atoms with E-state index >= 15 is 0 Å². The van der Waals surface area contributed by atoms with Crippen LogP contribution in [0.15, 0.2) is 72.0 Å². The molecule has 102 heavy (non-hydrogen) atoms. The van der Waals surface area contributed by atoms with E-state index in [-0.39, 0.29) is 105 Å². The molecule has 2 aromatic rings. The first-order valence-electron chi connectivity index (χ1n) is 36.2. The number of methoxy groups -OCH3 is 3. The second-order valence-corrected chi connectivity index (χ2v) is 28.3. The molecule has 4 fully saturated rings. The van der Waals surface area contributed by atoms with Gasteiger partial charge in [-0.05, 0) is 126 Å². The monoisotopic (exact) mass is 1430 g/mol. The van der Waals surface area contributed by atoms with Crippen LogP contribution in [0, 0.1) is 35.5 Å². The van der Waals surface area contributed by atoms with E-state index in [4.69, 9.17) is 42.6 Å². The number of piperidine rings is 2. The number of carbonyl (C=O) groups excluding carboxylic acids is 9. The summed E-state index contributed by atoms with van der Waals surface area (Å²) in [6.07, 6.45) is 13.1. The van der Waals surface area contributed by atoms with Gasteiger partial charge in [0.1, 0.15) is 41.9 Å². The van der Waals surface area contributed by atoms with Crippen molar-refractivity contribution in [2.24, 2.45) is 35.5 Å². The number of ketones is 3. The zero-order valence-electron chi connectivity index (χ0n) is 60.9. The zero-order chi connectivity index (χ0) is 73.8. The van der Waals surface area contributed by atoms with Gasteiger partial charge in [-0.3, -0.25) is 48.6 Å². The Morgan fingerprint density at radius 2 is 1.54 bits per heavy atom. The first kappa shape index (κ1) is 80.6. The van der Waals surface area contributed by atoms with Gasteiger partial charge in [-0.2, -0.15) is 0 Å². The molecule has 1 aromatic heterocycles. The number of imide groups is 2. The molecule has 27 nitrogen and oxygen atoms in total. The quantitative estimate of drug-likeness (QED) is 0.0301. The lowest BCUT2D eigenvalue weighted by atomic mass is 9.78. The minimum atomic E-state index is -2.47. The number of hydrogen-bond donors (Lipinski definition) is 4. The van der Waals surface area contributed by atoms with Crippen LogP contribution < -0.4 is 10.6 Å². The Morgan fingerprint density at radius 3 is 2.28 bits per heavy atom. The summed E-state index contributed by atoms with van der Waals surface area (Å²) in [6.45, 7) is 15.5. The molecular weight excluding hydrogens is 1320 g/mol. The van der Waals surface area contributed by atoms with Crippen molar-refractivity contribution in [1.82, 2.24) is 30.1 Å². The van der Waals surface area contributed by atoms with Crippen LogP contribution in [0.25, 0.3) is 0 Å². The second kappa shape index (κ2) is 38.6. The van der Waals surface area contributed by atoms with Crippen LogP contribution in [0.1, 0.15) is 165 Å². The number of amides is 5. The third-order valence-electron chi connectivity index (χ3n) is 20.7. The lowest BCUT2D eigenvalue weighted by molar-refractivity contribution is -0.265. The van der Waals surface area contributed by atoms with Crippen molar-refractivity contribution in [2.75, 3.05) is 79.4 Å². The Bertz CT molecular complexity index is 3370. The molecule has 27 heteroatoms. The number of hydrogen-bond acceptors (Lipinski definition) is 23. The van der Waals surface area contributed by atoms with Crippen LogP contribution >= 0.6 is 0 Å². The minimum Gasteiger partial charge on any atom is -0.460 e. The first-order chi connectivity index (χ1) is 48.9. The standard InChI is InChI=1S/C75H107N7O20/c1-45-17-12-11-13-18-46(2)61(94-8)41-54-24-22-51(7)75(93,102-54)69(87)73(91)81-29-15-14-21-58(81)74(92)101-62(42-59(83)47(3)38-50(6)67(86)68(96-10)66(85)49(5)37-45)48(4)39-52-23-26-60(63(40-52)95-9)100-36-35-99-44-53-43-80(79-78-53)30-32-98-34-33-97-31-28-76-56-20-16-19-55-65(56)72(90)82(71(55)89)57-25-27-64(84)77-70(57)88/h11-13,16-20,38,43,45,47-49,51-52,54,57-58,60-63,67-68,76,86,93H,14-15,21-37,39-42,44H2,1-10H3,(H,77,84,88)/b13-11+,17-12?,46-18+,50-38+/t45-,47-,48-,49-,51-,52+,54+,57?,58+,60-,61+,62?,63-,67-,68+,75-/m1/s1. The number of allylic oxidation sites excluding steroid dienone is 6. The number of aromatic nitrogens is 3. The summed E-state index contributed by atoms with van der Waals surface area (Å²) in [4.78, 5) is 125. The molecule has 1 aromatic carbocycles. The van der Waals surface area contributed by atoms with E-state index in [1.165, 1.54) is 18.1 Å². The van der Waals surface area contributed by atoms with E-state index in [0.717, 1.165) is 16.9 Å². The van der Waals surface area contributed by atoms with Crippen molar-refractivity contribution in [3.05, 3.63) is 88.8 Å². The molecule has 2 unspecified atom stereocenters. The molecule has 16 atom stereocenters. The number of fused-ring (bicyclic) bond motifs is 4. The van der Waals surface area contributed by atoms with Crippen LogP contribution in [-0.2, 0) is 89.3 Å². The highest BCUT2D eigenvalue weighted by Crippen LogP contribution is 2.39. The summed E-state index contributed by atoms with van der Waals surface area (Å²) < 4.78 is 55.5. The van der Waals surface area contributed by atoms with Gasteiger partial charge in [-0.25, -0.2) is 9.48 Å². The molecule has 1 saturated carbocycles. The first-order valence-corrected chi connectivity index (χ1v) is 36.2. The number of aliphatic hydroxyl groups excluding tert-OH is 1. The van der Waals surface area contributed by atoms with Crippen molar-refractivity contribution >= 4 is 58.5 Å². The summed E-state index contributed by atoms with van der Waals surface area (Å²) in [5.74, 6) is -10.7. The lowest BCUT2D eigenvalue weighted by Crippen LogP contribution is -2.61. The molecule has 562 valence electrons. The summed E-state index contributed by atoms with van der Waals surface area (Å²) in [5, 5.41) is 37.5. The normalized spacial score (nSPS) is 31.9. The molecule has 4 N–H and O–H groups in total. The summed E-state index contributed by atoms with van der Waals surface area (Å²) in [7, 11) is 4.58. The predicted molar refractivity (Wildman–Crippen MR) is 372 cm³/mol. The largest absolute Gasteiger partial charge is 0.460 e. The van der Waals surface area contributed by atoms with Crippen molar-refractivity contribution < 1.29 is 96.0 Å². The van der Waals surface area contributed by atoms with Crippen LogP contribution in [0.2, 0.25) is 0 Å². The van der Waals surface area contributed by atoms with Gasteiger partial charge in [0.15, 0.2) is 5.78 Å². The number of ether oxygens (including phenoxy) is 9. The average Bonchev–Trinajstić information content (AvgIpc) is 1.46. The van der Waals surface area contributed by atoms with Crippen LogP contribution in [-0.4, -0.2) is 223 Å². The number of Topliss-reactive ketones (excluding diaryl/α,β-unsaturated/α-hetero) is 3. The topological polar surface area (TPSA) is 338 Å². The van der Waals surface area contributed by atoms with Gasteiger partial charge in [-0.15, -0.1) is 5.10 Å². The molecule has 6 heterocycles. The Balaban J connectivity index is 0.818. The van der Waals surface area contributed by atoms with Gasteiger partial charge in [0.2, 0.25) is 17.6 Å². The summed E-state index contributed by atoms with van der Waals surface area (Å²) in [6, 6.07) is 2.62. The second-order valence-electron chi connectivity index (χ2n) is 28.3. The van der Waals surface area contributed by atoms with Gasteiger partial charge in [0, 0.05) is 77.1 Å². The molecular formula is C75H107N7O20. The van der Waals surface area contributed by atoms with E-state index in [1.807, 2.05) is 58.1 Å². The number of rotatable bonds is 23. The highest BCUT2D eigenvalue weighted by Gasteiger charge is 2.53. The van der Waals surface area contributed by atoms with Gasteiger partial charge in [0.25, 0.3) is 23.5 Å². The lowest BCUT2D eigenvalue weighted by Gasteiger charge is -2.42. The third kappa shape index (κ3) is 21.1. The maximum absolute atomic E-state index is 14.7. The van der Waals surface area contributed by atoms with E-state index in [1.54, 1.807) is 64.1 Å². The van der Waals surface area contributed by atoms with Crippen LogP contribution in [0.3, 0.4) is 0 Å². The Morgan fingerprint density at radius 1 is 0.775 bits per heavy atom.